The second-order valence-corrected chi connectivity index (χ2v) is 5.29. The van der Waals surface area contributed by atoms with Crippen molar-refractivity contribution in [2.45, 2.75) is 6.36 Å². The molecule has 2 aromatic rings. The molecule has 0 radical (unpaired) electrons. The molecule has 0 aliphatic heterocycles. The molecule has 0 aliphatic carbocycles. The lowest BCUT2D eigenvalue weighted by Crippen LogP contribution is -2.19. The van der Waals surface area contributed by atoms with Crippen molar-refractivity contribution in [1.29, 1.82) is 0 Å². The van der Waals surface area contributed by atoms with Crippen LogP contribution in [0.15, 0.2) is 60.9 Å². The summed E-state index contributed by atoms with van der Waals surface area (Å²) in [5, 5.41) is 3.22. The molecule has 4 nitrogen and oxygen atoms in total. The summed E-state index contributed by atoms with van der Waals surface area (Å²) in [4.78, 5) is 12.2. The fourth-order valence-corrected chi connectivity index (χ4v) is 1.84. The van der Waals surface area contributed by atoms with Crippen LogP contribution in [0.1, 0.15) is 10.4 Å². The van der Waals surface area contributed by atoms with Gasteiger partial charge in [0.1, 0.15) is 11.5 Å². The summed E-state index contributed by atoms with van der Waals surface area (Å²) in [5.74, 6) is -1.50. The van der Waals surface area contributed by atoms with Crippen molar-refractivity contribution in [3.63, 3.8) is 0 Å². The van der Waals surface area contributed by atoms with E-state index in [0.29, 0.717) is 5.02 Å². The molecule has 0 saturated carbocycles. The zero-order valence-electron chi connectivity index (χ0n) is 14.1. The van der Waals surface area contributed by atoms with Gasteiger partial charge in [-0.05, 0) is 50.5 Å². The lowest BCUT2D eigenvalue weighted by molar-refractivity contribution is -0.274. The number of para-hydroxylation sites is 1. The lowest BCUT2D eigenvalue weighted by atomic mass is 10.1. The number of carbonyl (C=O) groups excluding carboxylic acids is 1. The van der Waals surface area contributed by atoms with E-state index < -0.39 is 17.9 Å². The van der Waals surface area contributed by atoms with Crippen molar-refractivity contribution in [1.82, 2.24) is 5.32 Å². The van der Waals surface area contributed by atoms with Gasteiger partial charge in [0.25, 0.3) is 0 Å². The average Bonchev–Trinajstić information content (AvgIpc) is 2.56. The van der Waals surface area contributed by atoms with Gasteiger partial charge in [-0.1, -0.05) is 30.3 Å². The van der Waals surface area contributed by atoms with E-state index >= 15 is 0 Å². The van der Waals surface area contributed by atoms with E-state index in [9.17, 15) is 18.0 Å². The van der Waals surface area contributed by atoms with Crippen molar-refractivity contribution >= 4 is 17.4 Å². The molecule has 1 N–H and O–H groups in total. The second kappa shape index (κ2) is 9.84. The van der Waals surface area contributed by atoms with Crippen LogP contribution in [0.3, 0.4) is 0 Å². The first kappa shape index (κ1) is 21.5. The van der Waals surface area contributed by atoms with Gasteiger partial charge in [0.2, 0.25) is 5.78 Å². The van der Waals surface area contributed by atoms with Crippen molar-refractivity contribution in [2.75, 3.05) is 14.1 Å². The average molecular weight is 388 g/mol. The minimum Gasteiger partial charge on any atom is -0.454 e. The van der Waals surface area contributed by atoms with Gasteiger partial charge in [-0.2, -0.15) is 0 Å². The zero-order chi connectivity index (χ0) is 19.7. The molecular weight excluding hydrogens is 371 g/mol. The molecular formula is C18H17ClF3NO3. The molecule has 0 bridgehead atoms. The molecule has 0 saturated heterocycles. The number of ether oxygens (including phenoxy) is 2. The number of ketones is 1. The van der Waals surface area contributed by atoms with E-state index in [1.807, 2.05) is 14.1 Å². The first-order valence-electron chi connectivity index (χ1n) is 7.28. The Bertz CT molecular complexity index is 746. The van der Waals surface area contributed by atoms with Crippen LogP contribution in [0.25, 0.3) is 0 Å². The first-order chi connectivity index (χ1) is 12.2. The Kier molecular flexibility index (Phi) is 8.15. The normalized spacial score (nSPS) is 10.4. The third-order valence-corrected chi connectivity index (χ3v) is 2.92. The molecule has 0 amide bonds. The number of benzene rings is 2. The Morgan fingerprint density at radius 3 is 2.15 bits per heavy atom. The summed E-state index contributed by atoms with van der Waals surface area (Å²) in [5.41, 5.74) is -0.302. The van der Waals surface area contributed by atoms with Crippen LogP contribution >= 0.6 is 11.6 Å². The first-order valence-corrected chi connectivity index (χ1v) is 7.66. The van der Waals surface area contributed by atoms with Crippen LogP contribution in [0, 0.1) is 0 Å². The maximum atomic E-state index is 12.4. The number of allylic oxidation sites excluding steroid dienone is 1. The van der Waals surface area contributed by atoms with Crippen molar-refractivity contribution < 1.29 is 27.4 Å². The number of halogens is 4. The van der Waals surface area contributed by atoms with Gasteiger partial charge in [0, 0.05) is 5.02 Å². The van der Waals surface area contributed by atoms with Crippen LogP contribution in [0.2, 0.25) is 5.02 Å². The maximum Gasteiger partial charge on any atom is 0.573 e. The molecule has 8 heteroatoms. The number of rotatable bonds is 5. The number of carbonyl (C=O) groups is 1. The van der Waals surface area contributed by atoms with E-state index in [1.54, 1.807) is 0 Å². The van der Waals surface area contributed by atoms with Gasteiger partial charge < -0.3 is 14.8 Å². The Balaban J connectivity index is 0.00000105. The van der Waals surface area contributed by atoms with Crippen LogP contribution in [0.5, 0.6) is 11.5 Å². The molecule has 0 unspecified atom stereocenters. The number of alkyl halides is 3. The molecule has 140 valence electrons. The number of Topliss-reactive ketones (excluding diaryl/α,β-unsaturated/α-hetero) is 1. The van der Waals surface area contributed by atoms with E-state index in [0.717, 1.165) is 6.07 Å². The third kappa shape index (κ3) is 7.16. The van der Waals surface area contributed by atoms with Crippen molar-refractivity contribution in [3.05, 3.63) is 71.5 Å². The highest BCUT2D eigenvalue weighted by atomic mass is 35.5. The maximum absolute atomic E-state index is 12.4. The lowest BCUT2D eigenvalue weighted by Gasteiger charge is -2.13. The summed E-state index contributed by atoms with van der Waals surface area (Å²) < 4.78 is 46.2. The smallest absolute Gasteiger partial charge is 0.454 e. The summed E-state index contributed by atoms with van der Waals surface area (Å²) in [7, 11) is 3.75. The topological polar surface area (TPSA) is 47.6 Å². The van der Waals surface area contributed by atoms with E-state index in [-0.39, 0.29) is 17.1 Å². The van der Waals surface area contributed by atoms with Gasteiger partial charge >= 0.3 is 6.36 Å². The van der Waals surface area contributed by atoms with Gasteiger partial charge in [-0.25, -0.2) is 0 Å². The summed E-state index contributed by atoms with van der Waals surface area (Å²) in [6, 6.07) is 11.0. The predicted octanol–water partition coefficient (Wildman–Crippen LogP) is 4.85. The Morgan fingerprint density at radius 2 is 1.62 bits per heavy atom. The standard InChI is InChI=1S/C16H10ClF3O3.C2H7N/c1-10(22-12-8-6-11(17)7-9-12)15(21)13-4-2-3-5-14(13)23-16(18,19)20;1-3-2/h2-9H,1H2;3H,1-2H3. The van der Waals surface area contributed by atoms with Crippen molar-refractivity contribution in [2.24, 2.45) is 0 Å². The molecule has 2 aromatic carbocycles. The van der Waals surface area contributed by atoms with Crippen LogP contribution in [0.4, 0.5) is 13.2 Å². The minimum atomic E-state index is -4.91. The highest BCUT2D eigenvalue weighted by Gasteiger charge is 2.33. The van der Waals surface area contributed by atoms with E-state index in [4.69, 9.17) is 16.3 Å². The Morgan fingerprint density at radius 1 is 1.08 bits per heavy atom. The minimum absolute atomic E-state index is 0.280. The molecule has 26 heavy (non-hydrogen) atoms. The van der Waals surface area contributed by atoms with Gasteiger partial charge in [-0.15, -0.1) is 13.2 Å². The zero-order valence-corrected chi connectivity index (χ0v) is 14.8. The monoisotopic (exact) mass is 387 g/mol. The van der Waals surface area contributed by atoms with Gasteiger partial charge in [0.15, 0.2) is 5.76 Å². The molecule has 0 spiro atoms. The number of hydrogen-bond donors (Lipinski definition) is 1. The Hall–Kier alpha value is -2.51. The highest BCUT2D eigenvalue weighted by molar-refractivity contribution is 6.30. The fraction of sp³-hybridized carbons (Fsp3) is 0.167. The molecule has 0 fully saturated rings. The van der Waals surface area contributed by atoms with Gasteiger partial charge in [0.05, 0.1) is 5.56 Å². The largest absolute Gasteiger partial charge is 0.573 e. The van der Waals surface area contributed by atoms with Crippen molar-refractivity contribution in [3.8, 4) is 11.5 Å². The van der Waals surface area contributed by atoms with Crippen LogP contribution < -0.4 is 14.8 Å². The van der Waals surface area contributed by atoms with E-state index in [1.165, 1.54) is 42.5 Å². The van der Waals surface area contributed by atoms with Gasteiger partial charge in [-0.3, -0.25) is 4.79 Å². The predicted molar refractivity (Wildman–Crippen MR) is 93.7 cm³/mol. The quantitative estimate of drug-likeness (QED) is 0.452. The SMILES string of the molecule is C=C(Oc1ccc(Cl)cc1)C(=O)c1ccccc1OC(F)(F)F.CNC. The summed E-state index contributed by atoms with van der Waals surface area (Å²) in [6.45, 7) is 3.44. The number of hydrogen-bond acceptors (Lipinski definition) is 4. The molecule has 0 aliphatic rings. The molecule has 0 aromatic heterocycles. The molecule has 2 rings (SSSR count). The van der Waals surface area contributed by atoms with Crippen LogP contribution in [-0.4, -0.2) is 26.2 Å². The second-order valence-electron chi connectivity index (χ2n) is 4.85. The number of nitrogens with one attached hydrogen (secondary N) is 1. The molecule has 0 atom stereocenters. The third-order valence-electron chi connectivity index (χ3n) is 2.67. The Labute approximate surface area is 154 Å². The molecule has 0 heterocycles. The highest BCUT2D eigenvalue weighted by Crippen LogP contribution is 2.28. The van der Waals surface area contributed by atoms with E-state index in [2.05, 4.69) is 16.6 Å². The summed E-state index contributed by atoms with van der Waals surface area (Å²) in [6.07, 6.45) is -4.91. The van der Waals surface area contributed by atoms with Crippen LogP contribution in [-0.2, 0) is 0 Å². The summed E-state index contributed by atoms with van der Waals surface area (Å²) >= 11 is 5.72. The fourth-order valence-electron chi connectivity index (χ4n) is 1.71.